The lowest BCUT2D eigenvalue weighted by Gasteiger charge is -2.38. The van der Waals surface area contributed by atoms with Crippen molar-refractivity contribution in [2.24, 2.45) is 10.9 Å². The van der Waals surface area contributed by atoms with E-state index in [4.69, 9.17) is 0 Å². The molecule has 1 atom stereocenters. The van der Waals surface area contributed by atoms with Crippen molar-refractivity contribution < 1.29 is 0 Å². The van der Waals surface area contributed by atoms with Gasteiger partial charge >= 0.3 is 0 Å². The van der Waals surface area contributed by atoms with Crippen molar-refractivity contribution in [3.63, 3.8) is 0 Å². The van der Waals surface area contributed by atoms with Crippen molar-refractivity contribution in [3.8, 4) is 0 Å². The third-order valence-electron chi connectivity index (χ3n) is 6.21. The number of likely N-dealkylation sites (N-methyl/N-ethyl adjacent to an activating group) is 1. The normalized spacial score (nSPS) is 22.0. The smallest absolute Gasteiger partial charge is 0.193 e. The van der Waals surface area contributed by atoms with Crippen LogP contribution >= 0.6 is 0 Å². The minimum absolute atomic E-state index is 0.547. The van der Waals surface area contributed by atoms with E-state index in [-0.39, 0.29) is 0 Å². The summed E-state index contributed by atoms with van der Waals surface area (Å²) in [5.74, 6) is 1.88. The van der Waals surface area contributed by atoms with Crippen LogP contribution in [-0.2, 0) is 6.42 Å². The van der Waals surface area contributed by atoms with Gasteiger partial charge in [-0.1, -0.05) is 30.3 Å². The van der Waals surface area contributed by atoms with E-state index in [1.54, 1.807) is 0 Å². The lowest BCUT2D eigenvalue weighted by molar-refractivity contribution is 0.119. The molecule has 1 unspecified atom stereocenters. The number of likely N-dealkylation sites (tertiary alicyclic amines) is 1. The lowest BCUT2D eigenvalue weighted by Crippen LogP contribution is -2.53. The van der Waals surface area contributed by atoms with Crippen LogP contribution in [0, 0.1) is 5.92 Å². The average Bonchev–Trinajstić information content (AvgIpc) is 2.71. The number of benzene rings is 1. The maximum atomic E-state index is 4.55. The van der Waals surface area contributed by atoms with Gasteiger partial charge in [0.25, 0.3) is 0 Å². The Bertz CT molecular complexity index is 572. The lowest BCUT2D eigenvalue weighted by atomic mass is 9.90. The van der Waals surface area contributed by atoms with E-state index in [0.29, 0.717) is 6.04 Å². The van der Waals surface area contributed by atoms with Crippen LogP contribution < -0.4 is 5.32 Å². The van der Waals surface area contributed by atoms with Gasteiger partial charge in [-0.05, 0) is 44.7 Å². The molecule has 0 radical (unpaired) electrons. The molecule has 1 aromatic carbocycles. The first kappa shape index (κ1) is 20.2. The van der Waals surface area contributed by atoms with Gasteiger partial charge in [-0.25, -0.2) is 0 Å². The van der Waals surface area contributed by atoms with Gasteiger partial charge in [-0.2, -0.15) is 0 Å². The van der Waals surface area contributed by atoms with Crippen LogP contribution in [0.4, 0.5) is 0 Å². The Morgan fingerprint density at radius 1 is 1.07 bits per heavy atom. The molecular weight excluding hydrogens is 334 g/mol. The van der Waals surface area contributed by atoms with E-state index in [0.717, 1.165) is 31.5 Å². The van der Waals surface area contributed by atoms with Crippen LogP contribution in [0.1, 0.15) is 25.3 Å². The van der Waals surface area contributed by atoms with Gasteiger partial charge in [0.2, 0.25) is 0 Å². The predicted octanol–water partition coefficient (Wildman–Crippen LogP) is 2.15. The Balaban J connectivity index is 1.41. The number of piperidine rings is 1. The predicted molar refractivity (Wildman–Crippen MR) is 114 cm³/mol. The van der Waals surface area contributed by atoms with Crippen LogP contribution in [0.2, 0.25) is 0 Å². The SMILES string of the molecule is CN=C(NCC(C)N1CCN(C)CC1)N1CCC(Cc2ccccc2)CC1. The Morgan fingerprint density at radius 3 is 2.37 bits per heavy atom. The van der Waals surface area contributed by atoms with E-state index in [1.165, 1.54) is 51.0 Å². The van der Waals surface area contributed by atoms with Crippen molar-refractivity contribution >= 4 is 5.96 Å². The molecule has 5 heteroatoms. The quantitative estimate of drug-likeness (QED) is 0.635. The summed E-state index contributed by atoms with van der Waals surface area (Å²) < 4.78 is 0. The van der Waals surface area contributed by atoms with Crippen LogP contribution in [-0.4, -0.2) is 86.6 Å². The first-order chi connectivity index (χ1) is 13.2. The van der Waals surface area contributed by atoms with Crippen LogP contribution in [0.5, 0.6) is 0 Å². The van der Waals surface area contributed by atoms with Gasteiger partial charge in [-0.15, -0.1) is 0 Å². The number of hydrogen-bond donors (Lipinski definition) is 1. The molecule has 0 saturated carbocycles. The van der Waals surface area contributed by atoms with Gasteiger partial charge < -0.3 is 15.1 Å². The summed E-state index contributed by atoms with van der Waals surface area (Å²) in [5.41, 5.74) is 1.47. The molecule has 0 amide bonds. The minimum Gasteiger partial charge on any atom is -0.355 e. The molecule has 150 valence electrons. The van der Waals surface area contributed by atoms with Gasteiger partial charge in [0.05, 0.1) is 0 Å². The summed E-state index contributed by atoms with van der Waals surface area (Å²) in [6.07, 6.45) is 3.72. The summed E-state index contributed by atoms with van der Waals surface area (Å²) in [7, 11) is 4.13. The molecule has 0 aromatic heterocycles. The Labute approximate surface area is 165 Å². The fourth-order valence-electron chi connectivity index (χ4n) is 4.26. The van der Waals surface area contributed by atoms with E-state index in [1.807, 2.05) is 7.05 Å². The third-order valence-corrected chi connectivity index (χ3v) is 6.21. The summed E-state index contributed by atoms with van der Waals surface area (Å²) in [6, 6.07) is 11.5. The molecule has 5 nitrogen and oxygen atoms in total. The van der Waals surface area contributed by atoms with Crippen molar-refractivity contribution in [2.75, 3.05) is 59.9 Å². The molecule has 1 aromatic rings. The fourth-order valence-corrected chi connectivity index (χ4v) is 4.26. The molecule has 2 fully saturated rings. The zero-order valence-corrected chi connectivity index (χ0v) is 17.4. The molecule has 0 bridgehead atoms. The van der Waals surface area contributed by atoms with E-state index in [2.05, 4.69) is 69.3 Å². The second-order valence-electron chi connectivity index (χ2n) is 8.24. The Morgan fingerprint density at radius 2 is 1.74 bits per heavy atom. The second-order valence-corrected chi connectivity index (χ2v) is 8.24. The number of piperazine rings is 1. The largest absolute Gasteiger partial charge is 0.355 e. The highest BCUT2D eigenvalue weighted by Gasteiger charge is 2.23. The summed E-state index contributed by atoms with van der Waals surface area (Å²) in [4.78, 5) is 12.0. The molecule has 27 heavy (non-hydrogen) atoms. The van der Waals surface area contributed by atoms with Gasteiger partial charge in [0.15, 0.2) is 5.96 Å². The number of nitrogens with zero attached hydrogens (tertiary/aromatic N) is 4. The second kappa shape index (κ2) is 10.1. The van der Waals surface area contributed by atoms with E-state index >= 15 is 0 Å². The van der Waals surface area contributed by atoms with Crippen molar-refractivity contribution in [1.29, 1.82) is 0 Å². The number of rotatable bonds is 5. The summed E-state index contributed by atoms with van der Waals surface area (Å²) in [5, 5.41) is 3.63. The number of guanidine groups is 1. The third kappa shape index (κ3) is 5.94. The maximum absolute atomic E-state index is 4.55. The van der Waals surface area contributed by atoms with E-state index in [9.17, 15) is 0 Å². The molecule has 2 heterocycles. The minimum atomic E-state index is 0.547. The van der Waals surface area contributed by atoms with Crippen LogP contribution in [0.25, 0.3) is 0 Å². The van der Waals surface area contributed by atoms with E-state index < -0.39 is 0 Å². The average molecular weight is 372 g/mol. The highest BCUT2D eigenvalue weighted by atomic mass is 15.3. The number of aliphatic imine (C=N–C) groups is 1. The highest BCUT2D eigenvalue weighted by Crippen LogP contribution is 2.21. The first-order valence-corrected chi connectivity index (χ1v) is 10.6. The fraction of sp³-hybridized carbons (Fsp3) is 0.682. The van der Waals surface area contributed by atoms with Gasteiger partial charge in [0, 0.05) is 58.9 Å². The molecular formula is C22H37N5. The summed E-state index contributed by atoms with van der Waals surface area (Å²) in [6.45, 7) is 10.2. The molecule has 3 rings (SSSR count). The maximum Gasteiger partial charge on any atom is 0.193 e. The molecule has 2 saturated heterocycles. The molecule has 0 aliphatic carbocycles. The molecule has 1 N–H and O–H groups in total. The van der Waals surface area contributed by atoms with Gasteiger partial charge in [0.1, 0.15) is 0 Å². The van der Waals surface area contributed by atoms with Crippen LogP contribution in [0.15, 0.2) is 35.3 Å². The zero-order valence-electron chi connectivity index (χ0n) is 17.4. The van der Waals surface area contributed by atoms with Gasteiger partial charge in [-0.3, -0.25) is 9.89 Å². The molecule has 0 spiro atoms. The number of hydrogen-bond acceptors (Lipinski definition) is 3. The number of nitrogens with one attached hydrogen (secondary N) is 1. The van der Waals surface area contributed by atoms with Crippen LogP contribution in [0.3, 0.4) is 0 Å². The Hall–Kier alpha value is -1.59. The van der Waals surface area contributed by atoms with Crippen molar-refractivity contribution in [2.45, 2.75) is 32.2 Å². The molecule has 2 aliphatic heterocycles. The zero-order chi connectivity index (χ0) is 19.1. The standard InChI is InChI=1S/C22H37N5/c1-19(26-15-13-25(3)14-16-26)18-24-22(23-2)27-11-9-21(10-12-27)17-20-7-5-4-6-8-20/h4-8,19,21H,9-18H2,1-3H3,(H,23,24). The van der Waals surface area contributed by atoms with Crippen molar-refractivity contribution in [3.05, 3.63) is 35.9 Å². The highest BCUT2D eigenvalue weighted by molar-refractivity contribution is 5.80. The topological polar surface area (TPSA) is 34.1 Å². The Kier molecular flexibility index (Phi) is 7.53. The summed E-state index contributed by atoms with van der Waals surface area (Å²) >= 11 is 0. The first-order valence-electron chi connectivity index (χ1n) is 10.6. The van der Waals surface area contributed by atoms with Crippen molar-refractivity contribution in [1.82, 2.24) is 20.0 Å². The monoisotopic (exact) mass is 371 g/mol. The molecule has 2 aliphatic rings.